The molecule has 2 aliphatic rings. The molecule has 0 unspecified atom stereocenters. The Labute approximate surface area is 134 Å². The van der Waals surface area contributed by atoms with E-state index >= 15 is 0 Å². The fourth-order valence-electron chi connectivity index (χ4n) is 3.55. The predicted octanol–water partition coefficient (Wildman–Crippen LogP) is 4.27. The van der Waals surface area contributed by atoms with Crippen LogP contribution in [0.2, 0.25) is 0 Å². The van der Waals surface area contributed by atoms with Gasteiger partial charge < -0.3 is 11.1 Å². The fourth-order valence-corrected chi connectivity index (χ4v) is 3.55. The summed E-state index contributed by atoms with van der Waals surface area (Å²) < 4.78 is 0. The number of hydrogen-bond donors (Lipinski definition) is 2. The normalized spacial score (nSPS) is 17.5. The Balaban J connectivity index is 1.74. The third kappa shape index (κ3) is 1.60. The van der Waals surface area contributed by atoms with E-state index < -0.39 is 0 Å². The van der Waals surface area contributed by atoms with Gasteiger partial charge in [0.2, 0.25) is 0 Å². The van der Waals surface area contributed by atoms with Crippen LogP contribution in [0.1, 0.15) is 0 Å². The number of nitrogen functional groups attached to an aromatic ring is 1. The van der Waals surface area contributed by atoms with Crippen molar-refractivity contribution in [2.75, 3.05) is 20.9 Å². The number of rotatable bonds is 1. The smallest absolute Gasteiger partial charge is 0.187 e. The molecule has 4 nitrogen and oxygen atoms in total. The second kappa shape index (κ2) is 4.43. The van der Waals surface area contributed by atoms with E-state index in [0.717, 1.165) is 22.7 Å². The van der Waals surface area contributed by atoms with Crippen molar-refractivity contribution in [3.8, 4) is 0 Å². The molecule has 0 aliphatic carbocycles. The van der Waals surface area contributed by atoms with Crippen LogP contribution in [0, 0.1) is 0 Å². The van der Waals surface area contributed by atoms with Crippen LogP contribution in [0.15, 0.2) is 72.8 Å². The maximum absolute atomic E-state index is 6.26. The molecule has 5 rings (SSSR count). The maximum atomic E-state index is 6.26. The minimum absolute atomic E-state index is 0.00880. The molecule has 3 aromatic carbocycles. The summed E-state index contributed by atoms with van der Waals surface area (Å²) in [6, 6.07) is 24.9. The van der Waals surface area contributed by atoms with Crippen LogP contribution in [-0.2, 0) is 0 Å². The lowest BCUT2D eigenvalue weighted by Crippen LogP contribution is -2.40. The number of nitrogens with two attached hydrogens (primary N) is 1. The van der Waals surface area contributed by atoms with Gasteiger partial charge in [-0.25, -0.2) is 0 Å². The van der Waals surface area contributed by atoms with Crippen LogP contribution < -0.4 is 20.9 Å². The molecular formula is C19H16N4. The topological polar surface area (TPSA) is 44.5 Å². The first-order valence-electron chi connectivity index (χ1n) is 7.72. The zero-order valence-corrected chi connectivity index (χ0v) is 12.5. The van der Waals surface area contributed by atoms with E-state index in [0.29, 0.717) is 0 Å². The van der Waals surface area contributed by atoms with E-state index in [1.54, 1.807) is 0 Å². The Kier molecular flexibility index (Phi) is 2.39. The molecule has 0 bridgehead atoms. The number of anilines is 6. The monoisotopic (exact) mass is 300 g/mol. The standard InChI is InChI=1S/C19H16N4/c20-13-7-1-3-9-15(13)22-17-11-5-6-12-18(17)23-16-10-4-2-8-14(16)21-19(22)23/h1-12,19,21H,20H2/t19-/m0/s1. The molecule has 0 radical (unpaired) electrons. The lowest BCUT2D eigenvalue weighted by atomic mass is 10.2. The first kappa shape index (κ1) is 12.4. The van der Waals surface area contributed by atoms with Crippen LogP contribution in [0.5, 0.6) is 0 Å². The molecule has 112 valence electrons. The summed E-state index contributed by atoms with van der Waals surface area (Å²) in [6.45, 7) is 0. The van der Waals surface area contributed by atoms with Crippen molar-refractivity contribution >= 4 is 34.1 Å². The minimum Gasteiger partial charge on any atom is -0.397 e. The van der Waals surface area contributed by atoms with Crippen molar-refractivity contribution in [3.63, 3.8) is 0 Å². The van der Waals surface area contributed by atoms with Gasteiger partial charge >= 0.3 is 0 Å². The van der Waals surface area contributed by atoms with Gasteiger partial charge in [0, 0.05) is 0 Å². The van der Waals surface area contributed by atoms with Gasteiger partial charge in [0.05, 0.1) is 34.1 Å². The number of fused-ring (bicyclic) bond motifs is 5. The Morgan fingerprint density at radius 2 is 1.17 bits per heavy atom. The second-order valence-corrected chi connectivity index (χ2v) is 5.82. The Morgan fingerprint density at radius 3 is 1.87 bits per heavy atom. The average molecular weight is 300 g/mol. The largest absolute Gasteiger partial charge is 0.397 e. The first-order chi connectivity index (χ1) is 11.3. The third-order valence-corrected chi connectivity index (χ3v) is 4.53. The van der Waals surface area contributed by atoms with E-state index in [2.05, 4.69) is 69.7 Å². The van der Waals surface area contributed by atoms with Gasteiger partial charge in [0.1, 0.15) is 0 Å². The Morgan fingerprint density at radius 1 is 0.652 bits per heavy atom. The molecule has 0 saturated heterocycles. The predicted molar refractivity (Wildman–Crippen MR) is 95.4 cm³/mol. The molecule has 0 amide bonds. The number of nitrogens with zero attached hydrogens (tertiary/aromatic N) is 2. The molecule has 0 aromatic heterocycles. The molecule has 2 aliphatic heterocycles. The molecule has 4 heteroatoms. The molecule has 3 N–H and O–H groups in total. The highest BCUT2D eigenvalue weighted by molar-refractivity contribution is 5.97. The number of nitrogens with one attached hydrogen (secondary N) is 1. The van der Waals surface area contributed by atoms with Crippen LogP contribution in [0.25, 0.3) is 0 Å². The van der Waals surface area contributed by atoms with Gasteiger partial charge in [-0.1, -0.05) is 36.4 Å². The molecule has 1 atom stereocenters. The van der Waals surface area contributed by atoms with Crippen LogP contribution in [-0.4, -0.2) is 6.29 Å². The quantitative estimate of drug-likeness (QED) is 0.659. The lowest BCUT2D eigenvalue weighted by molar-refractivity contribution is 0.809. The van der Waals surface area contributed by atoms with Crippen LogP contribution >= 0.6 is 0 Å². The molecule has 2 heterocycles. The van der Waals surface area contributed by atoms with Crippen molar-refractivity contribution in [3.05, 3.63) is 72.8 Å². The van der Waals surface area contributed by atoms with Crippen molar-refractivity contribution in [2.45, 2.75) is 6.29 Å². The van der Waals surface area contributed by atoms with Gasteiger partial charge in [0.25, 0.3) is 0 Å². The number of hydrogen-bond acceptors (Lipinski definition) is 4. The van der Waals surface area contributed by atoms with E-state index in [4.69, 9.17) is 5.73 Å². The fraction of sp³-hybridized carbons (Fsp3) is 0.0526. The molecule has 0 saturated carbocycles. The minimum atomic E-state index is 0.00880. The van der Waals surface area contributed by atoms with Crippen LogP contribution in [0.4, 0.5) is 34.1 Å². The van der Waals surface area contributed by atoms with E-state index in [1.807, 2.05) is 18.2 Å². The molecular weight excluding hydrogens is 284 g/mol. The third-order valence-electron chi connectivity index (χ3n) is 4.53. The summed E-state index contributed by atoms with van der Waals surface area (Å²) in [5, 5.41) is 3.62. The van der Waals surface area contributed by atoms with Gasteiger partial charge in [-0.3, -0.25) is 9.80 Å². The van der Waals surface area contributed by atoms with E-state index in [1.165, 1.54) is 11.4 Å². The highest BCUT2D eigenvalue weighted by Crippen LogP contribution is 2.53. The van der Waals surface area contributed by atoms with Crippen molar-refractivity contribution in [1.82, 2.24) is 0 Å². The van der Waals surface area contributed by atoms with E-state index in [9.17, 15) is 0 Å². The summed E-state index contributed by atoms with van der Waals surface area (Å²) in [5.41, 5.74) is 12.8. The van der Waals surface area contributed by atoms with Crippen molar-refractivity contribution < 1.29 is 0 Å². The SMILES string of the molecule is Nc1ccccc1N1c2ccccc2N2c3ccccc3N[C@@H]12. The summed E-state index contributed by atoms with van der Waals surface area (Å²) in [6.07, 6.45) is 0.00880. The maximum Gasteiger partial charge on any atom is 0.187 e. The van der Waals surface area contributed by atoms with E-state index in [-0.39, 0.29) is 6.29 Å². The number of para-hydroxylation sites is 6. The molecule has 3 aromatic rings. The van der Waals surface area contributed by atoms with Crippen LogP contribution in [0.3, 0.4) is 0 Å². The summed E-state index contributed by atoms with van der Waals surface area (Å²) in [7, 11) is 0. The Hall–Kier alpha value is -3.14. The Bertz CT molecular complexity index is 905. The average Bonchev–Trinajstić information content (AvgIpc) is 3.10. The zero-order chi connectivity index (χ0) is 15.4. The summed E-state index contributed by atoms with van der Waals surface area (Å²) in [5.74, 6) is 0. The van der Waals surface area contributed by atoms with Crippen molar-refractivity contribution in [1.29, 1.82) is 0 Å². The zero-order valence-electron chi connectivity index (χ0n) is 12.5. The first-order valence-corrected chi connectivity index (χ1v) is 7.72. The summed E-state index contributed by atoms with van der Waals surface area (Å²) >= 11 is 0. The highest BCUT2D eigenvalue weighted by Gasteiger charge is 2.42. The summed E-state index contributed by atoms with van der Waals surface area (Å²) in [4.78, 5) is 4.60. The van der Waals surface area contributed by atoms with Crippen molar-refractivity contribution in [2.24, 2.45) is 0 Å². The number of benzene rings is 3. The highest BCUT2D eigenvalue weighted by atomic mass is 15.5. The van der Waals surface area contributed by atoms with Gasteiger partial charge in [-0.2, -0.15) is 0 Å². The van der Waals surface area contributed by atoms with Gasteiger partial charge in [-0.15, -0.1) is 0 Å². The lowest BCUT2D eigenvalue weighted by Gasteiger charge is -2.28. The molecule has 23 heavy (non-hydrogen) atoms. The molecule has 0 spiro atoms. The van der Waals surface area contributed by atoms with Gasteiger partial charge in [0.15, 0.2) is 6.29 Å². The van der Waals surface area contributed by atoms with Gasteiger partial charge in [-0.05, 0) is 36.4 Å². The molecule has 0 fully saturated rings. The second-order valence-electron chi connectivity index (χ2n) is 5.82.